The molecule has 2 aromatic heterocycles. The fourth-order valence-electron chi connectivity index (χ4n) is 2.54. The summed E-state index contributed by atoms with van der Waals surface area (Å²) in [6.45, 7) is 0. The summed E-state index contributed by atoms with van der Waals surface area (Å²) in [7, 11) is 0. The molecule has 7 heteroatoms. The van der Waals surface area contributed by atoms with Crippen molar-refractivity contribution in [1.82, 2.24) is 14.6 Å². The number of nitrogens with one attached hydrogen (secondary N) is 1. The Kier molecular flexibility index (Phi) is 3.06. The van der Waals surface area contributed by atoms with Gasteiger partial charge in [-0.1, -0.05) is 18.2 Å². The summed E-state index contributed by atoms with van der Waals surface area (Å²) in [5.41, 5.74) is 1.82. The van der Waals surface area contributed by atoms with Crippen LogP contribution in [0.1, 0.15) is 5.56 Å². The highest BCUT2D eigenvalue weighted by Crippen LogP contribution is 2.22. The number of nitrogens with zero attached hydrogens (tertiary/aromatic N) is 3. The van der Waals surface area contributed by atoms with Crippen molar-refractivity contribution in [2.45, 2.75) is 0 Å². The molecule has 0 spiro atoms. The maximum atomic E-state index is 12.5. The Balaban J connectivity index is 1.82. The minimum atomic E-state index is -0.342. The van der Waals surface area contributed by atoms with Crippen LogP contribution in [-0.4, -0.2) is 31.1 Å². The van der Waals surface area contributed by atoms with E-state index in [0.717, 1.165) is 15.6 Å². The summed E-state index contributed by atoms with van der Waals surface area (Å²) in [4.78, 5) is 19.9. The van der Waals surface area contributed by atoms with Crippen LogP contribution in [0.5, 0.6) is 11.5 Å². The van der Waals surface area contributed by atoms with E-state index in [-0.39, 0.29) is 17.1 Å². The van der Waals surface area contributed by atoms with Gasteiger partial charge in [0.2, 0.25) is 0 Å². The molecule has 0 aliphatic rings. The molecule has 0 aliphatic heterocycles. The Morgan fingerprint density at radius 1 is 1.17 bits per heavy atom. The number of aromatic nitrogens is 3. The lowest BCUT2D eigenvalue weighted by Crippen LogP contribution is -2.17. The monoisotopic (exact) mass is 320 g/mol. The Morgan fingerprint density at radius 3 is 2.83 bits per heavy atom. The number of phenolic OH excluding ortho intramolecular Hbond substituents is 2. The smallest absolute Gasteiger partial charge is 0.298 e. The number of benzene rings is 2. The molecule has 0 amide bonds. The molecule has 0 atom stereocenters. The van der Waals surface area contributed by atoms with Crippen LogP contribution in [0.25, 0.3) is 21.9 Å². The number of hydrogen-bond donors (Lipinski definition) is 3. The first kappa shape index (κ1) is 14.0. The van der Waals surface area contributed by atoms with E-state index in [4.69, 9.17) is 0 Å². The van der Waals surface area contributed by atoms with Gasteiger partial charge >= 0.3 is 0 Å². The minimum Gasteiger partial charge on any atom is -0.508 e. The van der Waals surface area contributed by atoms with Gasteiger partial charge in [-0.05, 0) is 18.2 Å². The third-order valence-electron chi connectivity index (χ3n) is 3.73. The molecule has 4 rings (SSSR count). The van der Waals surface area contributed by atoms with Crippen LogP contribution in [-0.2, 0) is 0 Å². The molecule has 0 fully saturated rings. The van der Waals surface area contributed by atoms with Gasteiger partial charge in [0.05, 0.1) is 6.21 Å². The van der Waals surface area contributed by atoms with Gasteiger partial charge in [-0.2, -0.15) is 9.78 Å². The van der Waals surface area contributed by atoms with Gasteiger partial charge in [-0.15, -0.1) is 0 Å². The second-order valence-electron chi connectivity index (χ2n) is 5.28. The molecule has 0 saturated heterocycles. The SMILES string of the molecule is O=c1c2[nH]c3ccccc3c2ncn1N=Cc1ccc(O)cc1O. The topological polar surface area (TPSA) is 104 Å². The highest BCUT2D eigenvalue weighted by atomic mass is 16.3. The molecule has 7 nitrogen and oxygen atoms in total. The third kappa shape index (κ3) is 2.19. The summed E-state index contributed by atoms with van der Waals surface area (Å²) < 4.78 is 1.09. The summed E-state index contributed by atoms with van der Waals surface area (Å²) in [5, 5.41) is 23.9. The Hall–Kier alpha value is -3.61. The first-order chi connectivity index (χ1) is 11.6. The average molecular weight is 320 g/mol. The molecule has 0 radical (unpaired) electrons. The lowest BCUT2D eigenvalue weighted by atomic mass is 10.2. The molecule has 24 heavy (non-hydrogen) atoms. The molecule has 118 valence electrons. The minimum absolute atomic E-state index is 0.0528. The summed E-state index contributed by atoms with van der Waals surface area (Å²) in [5.74, 6) is -0.186. The second kappa shape index (κ2) is 5.24. The van der Waals surface area contributed by atoms with E-state index in [1.165, 1.54) is 30.7 Å². The molecule has 2 aromatic carbocycles. The van der Waals surface area contributed by atoms with Crippen LogP contribution >= 0.6 is 0 Å². The van der Waals surface area contributed by atoms with Crippen LogP contribution in [0.15, 0.2) is 58.7 Å². The van der Waals surface area contributed by atoms with Crippen LogP contribution in [0.3, 0.4) is 0 Å². The van der Waals surface area contributed by atoms with Gasteiger partial charge in [0.15, 0.2) is 0 Å². The van der Waals surface area contributed by atoms with E-state index in [1.807, 2.05) is 24.3 Å². The zero-order chi connectivity index (χ0) is 16.7. The maximum absolute atomic E-state index is 12.5. The second-order valence-corrected chi connectivity index (χ2v) is 5.28. The number of phenols is 2. The molecule has 0 unspecified atom stereocenters. The van der Waals surface area contributed by atoms with E-state index in [0.29, 0.717) is 16.6 Å². The number of rotatable bonds is 2. The van der Waals surface area contributed by atoms with E-state index in [1.54, 1.807) is 0 Å². The van der Waals surface area contributed by atoms with E-state index in [2.05, 4.69) is 15.1 Å². The van der Waals surface area contributed by atoms with Crippen LogP contribution in [0.4, 0.5) is 0 Å². The Morgan fingerprint density at radius 2 is 2.00 bits per heavy atom. The predicted octanol–water partition coefficient (Wildman–Crippen LogP) is 2.17. The van der Waals surface area contributed by atoms with Gasteiger partial charge in [0, 0.05) is 22.5 Å². The molecule has 0 aliphatic carbocycles. The normalized spacial score (nSPS) is 11.7. The van der Waals surface area contributed by atoms with Crippen molar-refractivity contribution in [3.63, 3.8) is 0 Å². The van der Waals surface area contributed by atoms with E-state index >= 15 is 0 Å². The van der Waals surface area contributed by atoms with Crippen molar-refractivity contribution in [2.75, 3.05) is 0 Å². The average Bonchev–Trinajstić information content (AvgIpc) is 2.95. The number of H-pyrrole nitrogens is 1. The van der Waals surface area contributed by atoms with Crippen molar-refractivity contribution in [3.05, 3.63) is 64.7 Å². The molecule has 0 saturated carbocycles. The first-order valence-electron chi connectivity index (χ1n) is 7.18. The van der Waals surface area contributed by atoms with Gasteiger partial charge < -0.3 is 15.2 Å². The molecule has 2 heterocycles. The van der Waals surface area contributed by atoms with E-state index in [9.17, 15) is 15.0 Å². The van der Waals surface area contributed by atoms with Gasteiger partial charge in [-0.25, -0.2) is 4.98 Å². The fourth-order valence-corrected chi connectivity index (χ4v) is 2.54. The fraction of sp³-hybridized carbons (Fsp3) is 0. The zero-order valence-electron chi connectivity index (χ0n) is 12.3. The molecule has 4 aromatic rings. The van der Waals surface area contributed by atoms with Crippen LogP contribution in [0, 0.1) is 0 Å². The van der Waals surface area contributed by atoms with Gasteiger partial charge in [-0.3, -0.25) is 4.79 Å². The zero-order valence-corrected chi connectivity index (χ0v) is 12.3. The standard InChI is InChI=1S/C17H12N4O3/c22-11-6-5-10(14(23)7-11)8-19-21-9-18-15-12-3-1-2-4-13(12)20-16(15)17(21)24/h1-9,20,22-23H. The molecular formula is C17H12N4O3. The largest absolute Gasteiger partial charge is 0.508 e. The van der Waals surface area contributed by atoms with Crippen molar-refractivity contribution >= 4 is 28.2 Å². The molecular weight excluding hydrogens is 308 g/mol. The molecule has 0 bridgehead atoms. The number of hydrogen-bond acceptors (Lipinski definition) is 5. The summed E-state index contributed by atoms with van der Waals surface area (Å²) in [6, 6.07) is 11.6. The number of fused-ring (bicyclic) bond motifs is 3. The Labute approximate surface area is 135 Å². The number of aromatic hydroxyl groups is 2. The van der Waals surface area contributed by atoms with Crippen molar-refractivity contribution in [3.8, 4) is 11.5 Å². The number of aromatic amines is 1. The summed E-state index contributed by atoms with van der Waals surface area (Å²) >= 11 is 0. The van der Waals surface area contributed by atoms with Crippen LogP contribution in [0.2, 0.25) is 0 Å². The number of para-hydroxylation sites is 1. The quantitative estimate of drug-likeness (QED) is 0.492. The lowest BCUT2D eigenvalue weighted by molar-refractivity contribution is 0.450. The highest BCUT2D eigenvalue weighted by Gasteiger charge is 2.10. The predicted molar refractivity (Wildman–Crippen MR) is 90.6 cm³/mol. The van der Waals surface area contributed by atoms with Crippen molar-refractivity contribution in [1.29, 1.82) is 0 Å². The molecule has 3 N–H and O–H groups in total. The highest BCUT2D eigenvalue weighted by molar-refractivity contribution is 6.04. The Bertz CT molecular complexity index is 1160. The van der Waals surface area contributed by atoms with Crippen LogP contribution < -0.4 is 5.56 Å². The first-order valence-corrected chi connectivity index (χ1v) is 7.18. The summed E-state index contributed by atoms with van der Waals surface area (Å²) in [6.07, 6.45) is 2.66. The van der Waals surface area contributed by atoms with Gasteiger partial charge in [0.1, 0.15) is 28.9 Å². The van der Waals surface area contributed by atoms with Crippen molar-refractivity contribution in [2.24, 2.45) is 5.10 Å². The lowest BCUT2D eigenvalue weighted by Gasteiger charge is -2.00. The van der Waals surface area contributed by atoms with Gasteiger partial charge in [0.25, 0.3) is 5.56 Å². The van der Waals surface area contributed by atoms with Crippen molar-refractivity contribution < 1.29 is 10.2 Å². The third-order valence-corrected chi connectivity index (χ3v) is 3.73. The maximum Gasteiger partial charge on any atom is 0.298 e. The van der Waals surface area contributed by atoms with E-state index < -0.39 is 0 Å².